The van der Waals surface area contributed by atoms with Crippen LogP contribution in [-0.4, -0.2) is 47.2 Å². The van der Waals surface area contributed by atoms with Gasteiger partial charge < -0.3 is 10.4 Å². The van der Waals surface area contributed by atoms with Crippen molar-refractivity contribution in [3.05, 3.63) is 29.3 Å². The van der Waals surface area contributed by atoms with Crippen LogP contribution in [0.4, 0.5) is 0 Å². The molecule has 0 saturated carbocycles. The van der Waals surface area contributed by atoms with Gasteiger partial charge in [0, 0.05) is 11.6 Å². The first-order valence-corrected chi connectivity index (χ1v) is 10.0. The minimum absolute atomic E-state index is 0.0254. The number of carbonyl (C=O) groups is 3. The number of carboxylic acid groups (broad SMARTS) is 1. The number of hydrogen-bond donors (Lipinski definition) is 2. The van der Waals surface area contributed by atoms with Gasteiger partial charge in [-0.3, -0.25) is 14.4 Å². The van der Waals surface area contributed by atoms with Crippen molar-refractivity contribution in [1.82, 2.24) is 9.62 Å². The predicted octanol–water partition coefficient (Wildman–Crippen LogP) is 1.86. The molecule has 2 rings (SSSR count). The number of carboxylic acids is 1. The number of sulfonamides is 1. The molecule has 1 aliphatic heterocycles. The SMILES string of the molecule is CC(C)N1C(=O)c2ccc(C(=O)NC(C)(CC(=O)O)C(C)C)cc2S1(=O)=O. The van der Waals surface area contributed by atoms with Crippen LogP contribution in [-0.2, 0) is 14.8 Å². The predicted molar refractivity (Wildman–Crippen MR) is 97.9 cm³/mol. The number of benzene rings is 1. The first kappa shape index (κ1) is 20.9. The Morgan fingerprint density at radius 3 is 2.30 bits per heavy atom. The highest BCUT2D eigenvalue weighted by Crippen LogP contribution is 2.33. The van der Waals surface area contributed by atoms with E-state index >= 15 is 0 Å². The highest BCUT2D eigenvalue weighted by atomic mass is 32.2. The summed E-state index contributed by atoms with van der Waals surface area (Å²) in [7, 11) is -4.02. The summed E-state index contributed by atoms with van der Waals surface area (Å²) in [6, 6.07) is 3.30. The summed E-state index contributed by atoms with van der Waals surface area (Å²) in [5.41, 5.74) is -0.939. The van der Waals surface area contributed by atoms with Crippen LogP contribution in [0.25, 0.3) is 0 Å². The van der Waals surface area contributed by atoms with Gasteiger partial charge in [0.15, 0.2) is 0 Å². The standard InChI is InChI=1S/C18H24N2O6S/c1-10(2)18(5,9-15(21)22)19-16(23)12-6-7-13-14(8-12)27(25,26)20(11(3)4)17(13)24/h6-8,10-11H,9H2,1-5H3,(H,19,23)(H,21,22). The van der Waals surface area contributed by atoms with Gasteiger partial charge in [-0.05, 0) is 44.9 Å². The van der Waals surface area contributed by atoms with E-state index in [0.29, 0.717) is 0 Å². The number of rotatable bonds is 6. The van der Waals surface area contributed by atoms with Crippen molar-refractivity contribution in [2.24, 2.45) is 5.92 Å². The number of carbonyl (C=O) groups excluding carboxylic acids is 2. The zero-order valence-electron chi connectivity index (χ0n) is 15.9. The van der Waals surface area contributed by atoms with Crippen molar-refractivity contribution in [3.63, 3.8) is 0 Å². The largest absolute Gasteiger partial charge is 0.481 e. The van der Waals surface area contributed by atoms with Gasteiger partial charge >= 0.3 is 5.97 Å². The molecule has 0 aromatic heterocycles. The van der Waals surface area contributed by atoms with E-state index in [1.165, 1.54) is 18.2 Å². The first-order valence-electron chi connectivity index (χ1n) is 8.58. The average molecular weight is 396 g/mol. The van der Waals surface area contributed by atoms with Gasteiger partial charge in [-0.1, -0.05) is 13.8 Å². The van der Waals surface area contributed by atoms with Gasteiger partial charge in [-0.15, -0.1) is 0 Å². The zero-order valence-corrected chi connectivity index (χ0v) is 16.8. The van der Waals surface area contributed by atoms with Gasteiger partial charge in [0.05, 0.1) is 17.5 Å². The molecule has 2 N–H and O–H groups in total. The first-order chi connectivity index (χ1) is 12.3. The van der Waals surface area contributed by atoms with E-state index in [4.69, 9.17) is 5.11 Å². The van der Waals surface area contributed by atoms with Crippen molar-refractivity contribution >= 4 is 27.8 Å². The highest BCUT2D eigenvalue weighted by Gasteiger charge is 2.43. The summed E-state index contributed by atoms with van der Waals surface area (Å²) in [4.78, 5) is 35.9. The number of fused-ring (bicyclic) bond motifs is 1. The van der Waals surface area contributed by atoms with Crippen LogP contribution in [0.1, 0.15) is 61.8 Å². The second kappa shape index (κ2) is 6.95. The summed E-state index contributed by atoms with van der Waals surface area (Å²) in [6.45, 7) is 8.38. The average Bonchev–Trinajstić information content (AvgIpc) is 2.72. The molecule has 1 atom stereocenters. The molecule has 9 heteroatoms. The Hall–Kier alpha value is -2.42. The number of hydrogen-bond acceptors (Lipinski definition) is 5. The number of nitrogens with one attached hydrogen (secondary N) is 1. The molecule has 2 amide bonds. The Bertz CT molecular complexity index is 906. The Morgan fingerprint density at radius 2 is 1.81 bits per heavy atom. The fraction of sp³-hybridized carbons (Fsp3) is 0.500. The van der Waals surface area contributed by atoms with Gasteiger partial charge in [0.1, 0.15) is 4.90 Å². The van der Waals surface area contributed by atoms with E-state index in [1.807, 2.05) is 0 Å². The van der Waals surface area contributed by atoms with E-state index in [1.54, 1.807) is 34.6 Å². The fourth-order valence-electron chi connectivity index (χ4n) is 2.94. The maximum atomic E-state index is 12.7. The molecule has 1 aromatic rings. The maximum Gasteiger partial charge on any atom is 0.305 e. The summed E-state index contributed by atoms with van der Waals surface area (Å²) in [5.74, 6) is -2.44. The minimum Gasteiger partial charge on any atom is -0.481 e. The molecule has 1 unspecified atom stereocenters. The lowest BCUT2D eigenvalue weighted by molar-refractivity contribution is -0.138. The summed E-state index contributed by atoms with van der Waals surface area (Å²) in [6.07, 6.45) is -0.279. The second-order valence-corrected chi connectivity index (χ2v) is 9.29. The number of nitrogens with zero attached hydrogens (tertiary/aromatic N) is 1. The van der Waals surface area contributed by atoms with Crippen LogP contribution >= 0.6 is 0 Å². The zero-order chi connectivity index (χ0) is 20.7. The lowest BCUT2D eigenvalue weighted by Crippen LogP contribution is -2.51. The third-order valence-corrected chi connectivity index (χ3v) is 6.87. The van der Waals surface area contributed by atoms with Crippen molar-refractivity contribution in [1.29, 1.82) is 0 Å². The molecule has 8 nitrogen and oxygen atoms in total. The molecule has 0 fully saturated rings. The van der Waals surface area contributed by atoms with Crippen LogP contribution in [0.3, 0.4) is 0 Å². The molecule has 1 heterocycles. The molecule has 0 aliphatic carbocycles. The molecule has 0 saturated heterocycles. The molecule has 27 heavy (non-hydrogen) atoms. The van der Waals surface area contributed by atoms with Crippen LogP contribution in [0.2, 0.25) is 0 Å². The van der Waals surface area contributed by atoms with Crippen LogP contribution < -0.4 is 5.32 Å². The molecule has 0 spiro atoms. The van der Waals surface area contributed by atoms with Gasteiger partial charge in [-0.25, -0.2) is 12.7 Å². The lowest BCUT2D eigenvalue weighted by Gasteiger charge is -2.33. The van der Waals surface area contributed by atoms with E-state index in [9.17, 15) is 22.8 Å². The Kier molecular flexibility index (Phi) is 5.38. The molecule has 0 radical (unpaired) electrons. The lowest BCUT2D eigenvalue weighted by atomic mass is 9.85. The summed E-state index contributed by atoms with van der Waals surface area (Å²) in [5, 5.41) is 11.8. The third kappa shape index (κ3) is 3.69. The topological polar surface area (TPSA) is 121 Å². The molecule has 1 aliphatic rings. The van der Waals surface area contributed by atoms with E-state index in [-0.39, 0.29) is 28.4 Å². The summed E-state index contributed by atoms with van der Waals surface area (Å²) < 4.78 is 26.1. The molecule has 1 aromatic carbocycles. The van der Waals surface area contributed by atoms with Gasteiger partial charge in [-0.2, -0.15) is 0 Å². The minimum atomic E-state index is -4.02. The number of amides is 2. The van der Waals surface area contributed by atoms with Crippen molar-refractivity contribution in [2.45, 2.75) is 57.5 Å². The fourth-order valence-corrected chi connectivity index (χ4v) is 4.73. The molecule has 148 valence electrons. The maximum absolute atomic E-state index is 12.7. The Labute approximate surface area is 158 Å². The van der Waals surface area contributed by atoms with Crippen LogP contribution in [0.5, 0.6) is 0 Å². The quantitative estimate of drug-likeness (QED) is 0.757. The monoisotopic (exact) mass is 396 g/mol. The van der Waals surface area contributed by atoms with E-state index in [2.05, 4.69) is 5.32 Å². The van der Waals surface area contributed by atoms with Crippen LogP contribution in [0, 0.1) is 5.92 Å². The van der Waals surface area contributed by atoms with Crippen LogP contribution in [0.15, 0.2) is 23.1 Å². The van der Waals surface area contributed by atoms with Crippen molar-refractivity contribution in [3.8, 4) is 0 Å². The van der Waals surface area contributed by atoms with E-state index < -0.39 is 39.4 Å². The smallest absolute Gasteiger partial charge is 0.305 e. The normalized spacial score (nSPS) is 17.7. The Balaban J connectivity index is 2.41. The Morgan fingerprint density at radius 1 is 1.22 bits per heavy atom. The molecular weight excluding hydrogens is 372 g/mol. The third-order valence-electron chi connectivity index (χ3n) is 4.87. The van der Waals surface area contributed by atoms with E-state index in [0.717, 1.165) is 4.31 Å². The molecule has 0 bridgehead atoms. The molecular formula is C18H24N2O6S. The summed E-state index contributed by atoms with van der Waals surface area (Å²) >= 11 is 0. The van der Waals surface area contributed by atoms with Crippen molar-refractivity contribution < 1.29 is 27.9 Å². The van der Waals surface area contributed by atoms with Gasteiger partial charge in [0.25, 0.3) is 21.8 Å². The second-order valence-electron chi connectivity index (χ2n) is 7.51. The van der Waals surface area contributed by atoms with Crippen molar-refractivity contribution in [2.75, 3.05) is 0 Å². The highest BCUT2D eigenvalue weighted by molar-refractivity contribution is 7.90. The van der Waals surface area contributed by atoms with Gasteiger partial charge in [0.2, 0.25) is 0 Å². The number of aliphatic carboxylic acids is 1.